The Labute approximate surface area is 120 Å². The van der Waals surface area contributed by atoms with Crippen molar-refractivity contribution in [2.24, 2.45) is 5.10 Å². The van der Waals surface area contributed by atoms with Crippen LogP contribution < -0.4 is 5.43 Å². The van der Waals surface area contributed by atoms with E-state index in [9.17, 15) is 9.90 Å². The van der Waals surface area contributed by atoms with Gasteiger partial charge < -0.3 is 5.11 Å². The maximum Gasteiger partial charge on any atom is 0.357 e. The molecule has 1 aromatic heterocycles. The van der Waals surface area contributed by atoms with Crippen molar-refractivity contribution in [2.75, 3.05) is 0 Å². The van der Waals surface area contributed by atoms with Gasteiger partial charge in [-0.3, -0.25) is 5.43 Å². The van der Waals surface area contributed by atoms with E-state index in [1.807, 2.05) is 30.3 Å². The number of aromatic carboxylic acids is 1. The topological polar surface area (TPSA) is 79.5 Å². The van der Waals surface area contributed by atoms with Crippen LogP contribution in [0, 0.1) is 0 Å². The number of carboxylic acids is 1. The molecule has 0 atom stereocenters. The molecular formula is C15H12N4O2. The summed E-state index contributed by atoms with van der Waals surface area (Å²) in [5.74, 6) is -1.07. The van der Waals surface area contributed by atoms with Gasteiger partial charge in [-0.2, -0.15) is 10.2 Å². The zero-order chi connectivity index (χ0) is 14.7. The van der Waals surface area contributed by atoms with E-state index in [0.29, 0.717) is 11.1 Å². The van der Waals surface area contributed by atoms with Crippen molar-refractivity contribution in [2.45, 2.75) is 0 Å². The van der Waals surface area contributed by atoms with Gasteiger partial charge in [0.25, 0.3) is 0 Å². The Kier molecular flexibility index (Phi) is 3.34. The van der Waals surface area contributed by atoms with E-state index in [0.717, 1.165) is 5.69 Å². The summed E-state index contributed by atoms with van der Waals surface area (Å²) in [6, 6.07) is 9.36. The van der Waals surface area contributed by atoms with Crippen LogP contribution in [0.5, 0.6) is 0 Å². The minimum atomic E-state index is -1.07. The predicted molar refractivity (Wildman–Crippen MR) is 79.3 cm³/mol. The summed E-state index contributed by atoms with van der Waals surface area (Å²) in [7, 11) is 0. The second-order valence-corrected chi connectivity index (χ2v) is 4.35. The standard InChI is InChI=1S/C15H12N4O2/c20-15(21)14-13(11-5-4-8-16-17-9-11)10-19(18-14)12-6-2-1-3-7-12/h1-10,16H,(H,20,21). The number of rotatable bonds is 3. The highest BCUT2D eigenvalue weighted by molar-refractivity contribution is 6.13. The van der Waals surface area contributed by atoms with E-state index in [1.54, 1.807) is 35.4 Å². The minimum absolute atomic E-state index is 0.00754. The number of nitrogens with one attached hydrogen (secondary N) is 1. The Balaban J connectivity index is 2.12. The lowest BCUT2D eigenvalue weighted by molar-refractivity contribution is 0.0689. The molecule has 1 aromatic carbocycles. The van der Waals surface area contributed by atoms with Gasteiger partial charge >= 0.3 is 5.97 Å². The van der Waals surface area contributed by atoms with E-state index in [4.69, 9.17) is 0 Å². The lowest BCUT2D eigenvalue weighted by Crippen LogP contribution is -2.03. The van der Waals surface area contributed by atoms with Gasteiger partial charge in [0, 0.05) is 23.5 Å². The molecule has 0 amide bonds. The van der Waals surface area contributed by atoms with Gasteiger partial charge in [-0.25, -0.2) is 9.48 Å². The molecule has 6 heteroatoms. The highest BCUT2D eigenvalue weighted by Gasteiger charge is 2.18. The number of carboxylic acid groups (broad SMARTS) is 1. The summed E-state index contributed by atoms with van der Waals surface area (Å²) in [5, 5.41) is 17.5. The van der Waals surface area contributed by atoms with Crippen LogP contribution >= 0.6 is 0 Å². The van der Waals surface area contributed by atoms with Crippen molar-refractivity contribution in [3.05, 3.63) is 66.1 Å². The van der Waals surface area contributed by atoms with Crippen LogP contribution in [0.25, 0.3) is 11.3 Å². The van der Waals surface area contributed by atoms with Crippen molar-refractivity contribution in [3.8, 4) is 5.69 Å². The number of hydrogen-bond acceptors (Lipinski definition) is 4. The first-order chi connectivity index (χ1) is 10.3. The van der Waals surface area contributed by atoms with Crippen LogP contribution in [-0.4, -0.2) is 27.1 Å². The zero-order valence-electron chi connectivity index (χ0n) is 11.0. The second kappa shape index (κ2) is 5.46. The van der Waals surface area contributed by atoms with Gasteiger partial charge in [0.1, 0.15) is 0 Å². The fraction of sp³-hybridized carbons (Fsp3) is 0. The normalized spacial score (nSPS) is 13.4. The van der Waals surface area contributed by atoms with Crippen molar-refractivity contribution in [3.63, 3.8) is 0 Å². The van der Waals surface area contributed by atoms with Gasteiger partial charge in [0.05, 0.1) is 11.9 Å². The molecule has 1 aliphatic heterocycles. The summed E-state index contributed by atoms with van der Waals surface area (Å²) >= 11 is 0. The molecule has 3 rings (SSSR count). The van der Waals surface area contributed by atoms with Gasteiger partial charge in [-0.15, -0.1) is 0 Å². The van der Waals surface area contributed by atoms with Crippen LogP contribution in [0.3, 0.4) is 0 Å². The molecule has 0 aliphatic carbocycles. The average molecular weight is 280 g/mol. The third-order valence-electron chi connectivity index (χ3n) is 2.97. The highest BCUT2D eigenvalue weighted by Crippen LogP contribution is 2.20. The summed E-state index contributed by atoms with van der Waals surface area (Å²) < 4.78 is 1.55. The Morgan fingerprint density at radius 3 is 2.81 bits per heavy atom. The quantitative estimate of drug-likeness (QED) is 0.902. The van der Waals surface area contributed by atoms with Gasteiger partial charge in [-0.1, -0.05) is 24.3 Å². The second-order valence-electron chi connectivity index (χ2n) is 4.35. The predicted octanol–water partition coefficient (Wildman–Crippen LogP) is 2.06. The number of allylic oxidation sites excluding steroid dienone is 3. The molecule has 0 saturated heterocycles. The van der Waals surface area contributed by atoms with Crippen LogP contribution in [0.15, 0.2) is 60.0 Å². The summed E-state index contributed by atoms with van der Waals surface area (Å²) in [6.45, 7) is 0. The molecule has 0 radical (unpaired) electrons. The lowest BCUT2D eigenvalue weighted by atomic mass is 10.1. The number of aromatic nitrogens is 2. The Bertz CT molecular complexity index is 757. The fourth-order valence-corrected chi connectivity index (χ4v) is 2.00. The molecule has 0 bridgehead atoms. The molecule has 0 unspecified atom stereocenters. The van der Waals surface area contributed by atoms with E-state index < -0.39 is 5.97 Å². The molecule has 2 N–H and O–H groups in total. The Hall–Kier alpha value is -3.15. The van der Waals surface area contributed by atoms with Crippen molar-refractivity contribution >= 4 is 17.8 Å². The first kappa shape index (κ1) is 12.9. The molecule has 0 spiro atoms. The van der Waals surface area contributed by atoms with Gasteiger partial charge in [-0.05, 0) is 18.2 Å². The van der Waals surface area contributed by atoms with Crippen LogP contribution in [-0.2, 0) is 0 Å². The van der Waals surface area contributed by atoms with E-state index in [-0.39, 0.29) is 5.69 Å². The van der Waals surface area contributed by atoms with E-state index in [1.165, 1.54) is 0 Å². The number of hydrogen-bond donors (Lipinski definition) is 2. The third kappa shape index (κ3) is 2.59. The molecule has 0 saturated carbocycles. The number of nitrogens with zero attached hydrogens (tertiary/aromatic N) is 3. The van der Waals surface area contributed by atoms with E-state index in [2.05, 4.69) is 15.6 Å². The van der Waals surface area contributed by atoms with Crippen LogP contribution in [0.2, 0.25) is 0 Å². The number of benzene rings is 1. The molecule has 1 aliphatic rings. The summed E-state index contributed by atoms with van der Waals surface area (Å²) in [5.41, 5.74) is 4.68. The monoisotopic (exact) mass is 280 g/mol. The number of carbonyl (C=O) groups is 1. The average Bonchev–Trinajstić information content (AvgIpc) is 2.78. The van der Waals surface area contributed by atoms with Crippen LogP contribution in [0.1, 0.15) is 16.1 Å². The molecule has 2 heterocycles. The number of para-hydroxylation sites is 1. The van der Waals surface area contributed by atoms with Crippen molar-refractivity contribution in [1.29, 1.82) is 0 Å². The van der Waals surface area contributed by atoms with E-state index >= 15 is 0 Å². The zero-order valence-corrected chi connectivity index (χ0v) is 11.0. The van der Waals surface area contributed by atoms with Crippen LogP contribution in [0.4, 0.5) is 0 Å². The highest BCUT2D eigenvalue weighted by atomic mass is 16.4. The minimum Gasteiger partial charge on any atom is -0.476 e. The maximum atomic E-state index is 11.4. The maximum absolute atomic E-state index is 11.4. The summed E-state index contributed by atoms with van der Waals surface area (Å²) in [4.78, 5) is 11.4. The molecule has 6 nitrogen and oxygen atoms in total. The van der Waals surface area contributed by atoms with Crippen molar-refractivity contribution < 1.29 is 9.90 Å². The first-order valence-electron chi connectivity index (χ1n) is 6.30. The Morgan fingerprint density at radius 1 is 1.24 bits per heavy atom. The molecule has 21 heavy (non-hydrogen) atoms. The van der Waals surface area contributed by atoms with Gasteiger partial charge in [0.2, 0.25) is 0 Å². The molecular weight excluding hydrogens is 268 g/mol. The molecule has 104 valence electrons. The van der Waals surface area contributed by atoms with Crippen molar-refractivity contribution in [1.82, 2.24) is 15.2 Å². The third-order valence-corrected chi connectivity index (χ3v) is 2.97. The molecule has 0 fully saturated rings. The number of hydrazone groups is 1. The smallest absolute Gasteiger partial charge is 0.357 e. The first-order valence-corrected chi connectivity index (χ1v) is 6.30. The molecule has 2 aromatic rings. The Morgan fingerprint density at radius 2 is 2.05 bits per heavy atom. The van der Waals surface area contributed by atoms with Gasteiger partial charge in [0.15, 0.2) is 5.69 Å². The summed E-state index contributed by atoms with van der Waals surface area (Å²) in [6.07, 6.45) is 8.45. The lowest BCUT2D eigenvalue weighted by Gasteiger charge is -1.99. The SMILES string of the molecule is O=C(O)c1nn(-c2ccccc2)cc1C1=CC=CNN=C1. The fourth-order valence-electron chi connectivity index (χ4n) is 2.00. The largest absolute Gasteiger partial charge is 0.476 e.